The molecule has 3 atom stereocenters. The lowest BCUT2D eigenvalue weighted by atomic mass is 10.00. The number of hydrogen-bond acceptors (Lipinski definition) is 5. The van der Waals surface area contributed by atoms with Gasteiger partial charge in [0.15, 0.2) is 0 Å². The van der Waals surface area contributed by atoms with Crippen molar-refractivity contribution in [1.82, 2.24) is 0 Å². The van der Waals surface area contributed by atoms with Gasteiger partial charge in [-0.2, -0.15) is 0 Å². The van der Waals surface area contributed by atoms with Crippen molar-refractivity contribution in [2.24, 2.45) is 5.92 Å². The highest BCUT2D eigenvalue weighted by Crippen LogP contribution is 2.23. The molecule has 0 aromatic carbocycles. The normalized spacial score (nSPS) is 28.2. The Bertz CT molecular complexity index is 281. The predicted octanol–water partition coefficient (Wildman–Crippen LogP) is -0.192. The molecule has 0 aromatic rings. The lowest BCUT2D eigenvalue weighted by Crippen LogP contribution is -2.24. The minimum atomic E-state index is -0.995. The van der Waals surface area contributed by atoms with Gasteiger partial charge >= 0.3 is 11.9 Å². The molecule has 1 N–H and O–H groups in total. The van der Waals surface area contributed by atoms with E-state index in [9.17, 15) is 9.59 Å². The molecule has 90 valence electrons. The molecule has 0 amide bonds. The van der Waals surface area contributed by atoms with Crippen LogP contribution in [-0.4, -0.2) is 49.1 Å². The van der Waals surface area contributed by atoms with Gasteiger partial charge in [-0.15, -0.1) is 0 Å². The summed E-state index contributed by atoms with van der Waals surface area (Å²) in [5.41, 5.74) is 0. The topological polar surface area (TPSA) is 88.7 Å². The van der Waals surface area contributed by atoms with E-state index in [1.165, 1.54) is 0 Å². The Hall–Kier alpha value is -1.14. The predicted molar refractivity (Wildman–Crippen MR) is 50.8 cm³/mol. The second kappa shape index (κ2) is 4.80. The van der Waals surface area contributed by atoms with Crippen LogP contribution in [0.3, 0.4) is 0 Å². The molecular formula is C10H14O6. The quantitative estimate of drug-likeness (QED) is 0.481. The molecule has 2 saturated heterocycles. The Morgan fingerprint density at radius 2 is 1.94 bits per heavy atom. The maximum absolute atomic E-state index is 11.6. The molecule has 2 rings (SSSR count). The van der Waals surface area contributed by atoms with E-state index < -0.39 is 17.9 Å². The van der Waals surface area contributed by atoms with E-state index >= 15 is 0 Å². The smallest absolute Gasteiger partial charge is 0.309 e. The molecule has 16 heavy (non-hydrogen) atoms. The molecule has 0 saturated carbocycles. The maximum Gasteiger partial charge on any atom is 0.309 e. The highest BCUT2D eigenvalue weighted by Gasteiger charge is 2.34. The first-order chi connectivity index (χ1) is 7.65. The van der Waals surface area contributed by atoms with Crippen molar-refractivity contribution in [2.75, 3.05) is 19.8 Å². The summed E-state index contributed by atoms with van der Waals surface area (Å²) in [6.45, 7) is 1.44. The molecule has 2 aliphatic rings. The third-order valence-electron chi connectivity index (χ3n) is 2.52. The summed E-state index contributed by atoms with van der Waals surface area (Å²) >= 11 is 0. The Balaban J connectivity index is 1.76. The van der Waals surface area contributed by atoms with Gasteiger partial charge in [0.2, 0.25) is 0 Å². The van der Waals surface area contributed by atoms with E-state index in [0.717, 1.165) is 0 Å². The van der Waals surface area contributed by atoms with Crippen LogP contribution >= 0.6 is 0 Å². The van der Waals surface area contributed by atoms with Gasteiger partial charge < -0.3 is 19.3 Å². The number of carbonyl (C=O) groups excluding carboxylic acids is 1. The van der Waals surface area contributed by atoms with Crippen molar-refractivity contribution in [2.45, 2.75) is 25.0 Å². The van der Waals surface area contributed by atoms with Crippen LogP contribution in [0.1, 0.15) is 12.8 Å². The molecule has 0 aliphatic carbocycles. The molecular weight excluding hydrogens is 216 g/mol. The molecule has 2 aliphatic heterocycles. The van der Waals surface area contributed by atoms with Crippen molar-refractivity contribution in [3.63, 3.8) is 0 Å². The summed E-state index contributed by atoms with van der Waals surface area (Å²) in [6, 6.07) is 0. The summed E-state index contributed by atoms with van der Waals surface area (Å²) < 4.78 is 14.9. The zero-order valence-electron chi connectivity index (χ0n) is 8.76. The highest BCUT2D eigenvalue weighted by atomic mass is 16.6. The van der Waals surface area contributed by atoms with Crippen molar-refractivity contribution < 1.29 is 28.9 Å². The summed E-state index contributed by atoms with van der Waals surface area (Å²) in [4.78, 5) is 22.2. The SMILES string of the molecule is O=C(O)CC(CC1CO1)C(=O)OCC1CO1. The number of aliphatic carboxylic acids is 1. The molecule has 2 fully saturated rings. The first-order valence-electron chi connectivity index (χ1n) is 5.27. The largest absolute Gasteiger partial charge is 0.481 e. The van der Waals surface area contributed by atoms with E-state index in [1.54, 1.807) is 0 Å². The number of carbonyl (C=O) groups is 2. The van der Waals surface area contributed by atoms with Crippen LogP contribution in [0.4, 0.5) is 0 Å². The van der Waals surface area contributed by atoms with Crippen LogP contribution < -0.4 is 0 Å². The average Bonchev–Trinajstić information content (AvgIpc) is 3.06. The van der Waals surface area contributed by atoms with Crippen molar-refractivity contribution in [3.05, 3.63) is 0 Å². The third-order valence-corrected chi connectivity index (χ3v) is 2.52. The van der Waals surface area contributed by atoms with Crippen molar-refractivity contribution in [1.29, 1.82) is 0 Å². The van der Waals surface area contributed by atoms with Crippen LogP contribution in [0.5, 0.6) is 0 Å². The molecule has 3 unspecified atom stereocenters. The number of carboxylic acids is 1. The second-order valence-corrected chi connectivity index (χ2v) is 4.07. The number of esters is 1. The third kappa shape index (κ3) is 3.79. The standard InChI is InChI=1S/C10H14O6/c11-9(12)2-6(1-7-3-14-7)10(13)16-5-8-4-15-8/h6-8H,1-5H2,(H,11,12). The van der Waals surface area contributed by atoms with Gasteiger partial charge in [-0.3, -0.25) is 9.59 Å². The lowest BCUT2D eigenvalue weighted by molar-refractivity contribution is -0.153. The van der Waals surface area contributed by atoms with Gasteiger partial charge in [0.1, 0.15) is 12.7 Å². The van der Waals surface area contributed by atoms with Gasteiger partial charge in [-0.25, -0.2) is 0 Å². The summed E-state index contributed by atoms with van der Waals surface area (Å²) in [6.07, 6.45) is 0.251. The lowest BCUT2D eigenvalue weighted by Gasteiger charge is -2.12. The van der Waals surface area contributed by atoms with E-state index in [1.807, 2.05) is 0 Å². The number of carboxylic acid groups (broad SMARTS) is 1. The number of epoxide rings is 2. The fourth-order valence-electron chi connectivity index (χ4n) is 1.45. The van der Waals surface area contributed by atoms with Gasteiger partial charge in [-0.1, -0.05) is 0 Å². The molecule has 6 heteroatoms. The van der Waals surface area contributed by atoms with E-state index in [-0.39, 0.29) is 25.2 Å². The fraction of sp³-hybridized carbons (Fsp3) is 0.800. The first-order valence-corrected chi connectivity index (χ1v) is 5.27. The zero-order chi connectivity index (χ0) is 11.5. The monoisotopic (exact) mass is 230 g/mol. The summed E-state index contributed by atoms with van der Waals surface area (Å²) in [5.74, 6) is -2.07. The number of hydrogen-bond donors (Lipinski definition) is 1. The average molecular weight is 230 g/mol. The Morgan fingerprint density at radius 1 is 1.31 bits per heavy atom. The van der Waals surface area contributed by atoms with Crippen LogP contribution in [0.15, 0.2) is 0 Å². The highest BCUT2D eigenvalue weighted by molar-refractivity contribution is 5.79. The Morgan fingerprint density at radius 3 is 2.44 bits per heavy atom. The first kappa shape index (κ1) is 11.3. The van der Waals surface area contributed by atoms with E-state index in [0.29, 0.717) is 19.6 Å². The van der Waals surface area contributed by atoms with Gasteiger partial charge in [-0.05, 0) is 6.42 Å². The van der Waals surface area contributed by atoms with E-state index in [2.05, 4.69) is 0 Å². The summed E-state index contributed by atoms with van der Waals surface area (Å²) in [7, 11) is 0. The molecule has 0 bridgehead atoms. The molecule has 0 radical (unpaired) electrons. The molecule has 6 nitrogen and oxygen atoms in total. The van der Waals surface area contributed by atoms with Crippen molar-refractivity contribution >= 4 is 11.9 Å². The summed E-state index contributed by atoms with van der Waals surface area (Å²) in [5, 5.41) is 8.68. The van der Waals surface area contributed by atoms with Crippen LogP contribution in [0.25, 0.3) is 0 Å². The molecule has 0 aromatic heterocycles. The van der Waals surface area contributed by atoms with Crippen LogP contribution in [0, 0.1) is 5.92 Å². The minimum absolute atomic E-state index is 0.00611. The van der Waals surface area contributed by atoms with Gasteiger partial charge in [0.25, 0.3) is 0 Å². The van der Waals surface area contributed by atoms with E-state index in [4.69, 9.17) is 19.3 Å². The maximum atomic E-state index is 11.6. The number of ether oxygens (including phenoxy) is 3. The second-order valence-electron chi connectivity index (χ2n) is 4.07. The van der Waals surface area contributed by atoms with Gasteiger partial charge in [0.05, 0.1) is 31.7 Å². The van der Waals surface area contributed by atoms with Crippen molar-refractivity contribution in [3.8, 4) is 0 Å². The molecule has 0 spiro atoms. The van der Waals surface area contributed by atoms with Crippen LogP contribution in [0.2, 0.25) is 0 Å². The fourth-order valence-corrected chi connectivity index (χ4v) is 1.45. The minimum Gasteiger partial charge on any atom is -0.481 e. The Kier molecular flexibility index (Phi) is 3.40. The Labute approximate surface area is 92.5 Å². The van der Waals surface area contributed by atoms with Crippen LogP contribution in [-0.2, 0) is 23.8 Å². The number of rotatable bonds is 7. The molecule has 2 heterocycles. The zero-order valence-corrected chi connectivity index (χ0v) is 8.76. The van der Waals surface area contributed by atoms with Gasteiger partial charge in [0, 0.05) is 0 Å².